The topological polar surface area (TPSA) is 12.0 Å². The molecule has 14 heavy (non-hydrogen) atoms. The van der Waals surface area contributed by atoms with Crippen molar-refractivity contribution in [3.8, 4) is 0 Å². The summed E-state index contributed by atoms with van der Waals surface area (Å²) < 4.78 is 37.6. The zero-order chi connectivity index (χ0) is 10.2. The van der Waals surface area contributed by atoms with Crippen molar-refractivity contribution in [2.75, 3.05) is 0 Å². The molecule has 0 spiro atoms. The molecule has 2 rings (SSSR count). The van der Waals surface area contributed by atoms with Crippen LogP contribution < -0.4 is 5.32 Å². The smallest absolute Gasteiger partial charge is 0.387 e. The molecule has 0 unspecified atom stereocenters. The minimum Gasteiger partial charge on any atom is -0.387 e. The van der Waals surface area contributed by atoms with Crippen molar-refractivity contribution >= 4 is 6.08 Å². The van der Waals surface area contributed by atoms with Crippen LogP contribution >= 0.6 is 0 Å². The Morgan fingerprint density at radius 2 is 2.00 bits per heavy atom. The predicted molar refractivity (Wildman–Crippen MR) is 47.3 cm³/mol. The van der Waals surface area contributed by atoms with Crippen LogP contribution in [-0.4, -0.2) is 0 Å². The Morgan fingerprint density at radius 3 is 2.71 bits per heavy atom. The fourth-order valence-electron chi connectivity index (χ4n) is 1.52. The van der Waals surface area contributed by atoms with E-state index in [1.807, 2.05) is 0 Å². The number of alkyl halides is 3. The summed E-state index contributed by atoms with van der Waals surface area (Å²) in [6.07, 6.45) is -1.27. The van der Waals surface area contributed by atoms with E-state index in [2.05, 4.69) is 5.32 Å². The molecule has 1 aromatic rings. The van der Waals surface area contributed by atoms with Gasteiger partial charge in [0, 0.05) is 6.54 Å². The average molecular weight is 199 g/mol. The second-order valence-corrected chi connectivity index (χ2v) is 3.09. The van der Waals surface area contributed by atoms with Gasteiger partial charge in [0.1, 0.15) is 0 Å². The molecule has 0 bridgehead atoms. The van der Waals surface area contributed by atoms with Gasteiger partial charge in [0.05, 0.1) is 5.56 Å². The summed E-state index contributed by atoms with van der Waals surface area (Å²) in [6, 6.07) is 4.23. The zero-order valence-electron chi connectivity index (χ0n) is 7.23. The standard InChI is InChI=1S/C10H8F3N/c11-10(12,13)9-3-1-2-7-6-14-5-4-8(7)9/h1-5,14H,6H2. The second kappa shape index (κ2) is 3.04. The van der Waals surface area contributed by atoms with Crippen LogP contribution in [0.15, 0.2) is 24.4 Å². The lowest BCUT2D eigenvalue weighted by Crippen LogP contribution is -2.15. The molecule has 0 amide bonds. The van der Waals surface area contributed by atoms with Crippen LogP contribution in [0.1, 0.15) is 16.7 Å². The van der Waals surface area contributed by atoms with E-state index < -0.39 is 11.7 Å². The first kappa shape index (κ1) is 9.12. The van der Waals surface area contributed by atoms with Gasteiger partial charge in [0.15, 0.2) is 0 Å². The lowest BCUT2D eigenvalue weighted by Gasteiger charge is -2.17. The van der Waals surface area contributed by atoms with Crippen molar-refractivity contribution in [2.45, 2.75) is 12.7 Å². The van der Waals surface area contributed by atoms with Gasteiger partial charge in [-0.15, -0.1) is 0 Å². The van der Waals surface area contributed by atoms with Crippen molar-refractivity contribution in [3.63, 3.8) is 0 Å². The Morgan fingerprint density at radius 1 is 1.21 bits per heavy atom. The molecular formula is C10H8F3N. The molecule has 4 heteroatoms. The summed E-state index contributed by atoms with van der Waals surface area (Å²) in [5.41, 5.74) is 0.397. The van der Waals surface area contributed by atoms with Gasteiger partial charge in [-0.2, -0.15) is 13.2 Å². The largest absolute Gasteiger partial charge is 0.416 e. The highest BCUT2D eigenvalue weighted by molar-refractivity contribution is 5.60. The molecule has 1 nitrogen and oxygen atoms in total. The van der Waals surface area contributed by atoms with Crippen LogP contribution in [0.2, 0.25) is 0 Å². The number of halogens is 3. The summed E-state index contributed by atoms with van der Waals surface area (Å²) in [5.74, 6) is 0. The van der Waals surface area contributed by atoms with Gasteiger partial charge < -0.3 is 5.32 Å². The van der Waals surface area contributed by atoms with E-state index >= 15 is 0 Å². The third kappa shape index (κ3) is 1.47. The molecule has 0 atom stereocenters. The van der Waals surface area contributed by atoms with Gasteiger partial charge in [0.25, 0.3) is 0 Å². The summed E-state index contributed by atoms with van der Waals surface area (Å²) in [6.45, 7) is 0.454. The maximum atomic E-state index is 12.5. The van der Waals surface area contributed by atoms with E-state index in [-0.39, 0.29) is 5.56 Å². The van der Waals surface area contributed by atoms with Crippen molar-refractivity contribution < 1.29 is 13.2 Å². The fraction of sp³-hybridized carbons (Fsp3) is 0.200. The summed E-state index contributed by atoms with van der Waals surface area (Å²) in [4.78, 5) is 0. The molecule has 1 heterocycles. The lowest BCUT2D eigenvalue weighted by atomic mass is 9.99. The molecule has 1 aromatic carbocycles. The van der Waals surface area contributed by atoms with Crippen molar-refractivity contribution in [3.05, 3.63) is 41.1 Å². The van der Waals surface area contributed by atoms with E-state index in [1.165, 1.54) is 18.3 Å². The Balaban J connectivity index is 2.58. The summed E-state index contributed by atoms with van der Waals surface area (Å²) >= 11 is 0. The van der Waals surface area contributed by atoms with Crippen LogP contribution in [0.3, 0.4) is 0 Å². The Labute approximate surface area is 79.2 Å². The molecular weight excluding hydrogens is 191 g/mol. The van der Waals surface area contributed by atoms with E-state index in [1.54, 1.807) is 6.07 Å². The minimum atomic E-state index is -4.27. The Hall–Kier alpha value is -1.45. The highest BCUT2D eigenvalue weighted by Gasteiger charge is 2.33. The first-order valence-corrected chi connectivity index (χ1v) is 4.18. The Kier molecular flexibility index (Phi) is 1.98. The van der Waals surface area contributed by atoms with Crippen LogP contribution in [0.5, 0.6) is 0 Å². The second-order valence-electron chi connectivity index (χ2n) is 3.09. The van der Waals surface area contributed by atoms with E-state index in [9.17, 15) is 13.2 Å². The predicted octanol–water partition coefficient (Wildman–Crippen LogP) is 2.78. The maximum Gasteiger partial charge on any atom is 0.416 e. The number of rotatable bonds is 0. The molecule has 0 aromatic heterocycles. The highest BCUT2D eigenvalue weighted by atomic mass is 19.4. The van der Waals surface area contributed by atoms with Gasteiger partial charge in [-0.3, -0.25) is 0 Å². The molecule has 1 N–H and O–H groups in total. The molecule has 0 aliphatic carbocycles. The first-order chi connectivity index (χ1) is 6.59. The van der Waals surface area contributed by atoms with Crippen LogP contribution in [0.25, 0.3) is 6.08 Å². The fourth-order valence-corrected chi connectivity index (χ4v) is 1.52. The number of benzene rings is 1. The molecule has 0 saturated heterocycles. The normalized spacial score (nSPS) is 14.8. The van der Waals surface area contributed by atoms with Crippen LogP contribution in [0, 0.1) is 0 Å². The highest BCUT2D eigenvalue weighted by Crippen LogP contribution is 2.34. The van der Waals surface area contributed by atoms with E-state index in [4.69, 9.17) is 0 Å². The molecule has 1 aliphatic rings. The molecule has 0 saturated carbocycles. The summed E-state index contributed by atoms with van der Waals surface area (Å²) in [5, 5.41) is 2.87. The van der Waals surface area contributed by atoms with Gasteiger partial charge in [-0.05, 0) is 29.5 Å². The van der Waals surface area contributed by atoms with Gasteiger partial charge in [0.2, 0.25) is 0 Å². The Bertz CT molecular complexity index is 379. The van der Waals surface area contributed by atoms with Crippen molar-refractivity contribution in [1.82, 2.24) is 5.32 Å². The lowest BCUT2D eigenvalue weighted by molar-refractivity contribution is -0.137. The van der Waals surface area contributed by atoms with Crippen LogP contribution in [0.4, 0.5) is 13.2 Å². The van der Waals surface area contributed by atoms with Gasteiger partial charge in [-0.1, -0.05) is 12.1 Å². The zero-order valence-corrected chi connectivity index (χ0v) is 7.23. The van der Waals surface area contributed by atoms with E-state index in [0.29, 0.717) is 12.1 Å². The molecule has 1 aliphatic heterocycles. The summed E-state index contributed by atoms with van der Waals surface area (Å²) in [7, 11) is 0. The quantitative estimate of drug-likeness (QED) is 0.677. The van der Waals surface area contributed by atoms with Crippen molar-refractivity contribution in [2.24, 2.45) is 0 Å². The van der Waals surface area contributed by atoms with Crippen LogP contribution in [-0.2, 0) is 12.7 Å². The van der Waals surface area contributed by atoms with Gasteiger partial charge >= 0.3 is 6.18 Å². The average Bonchev–Trinajstić information content (AvgIpc) is 2.15. The SMILES string of the molecule is FC(F)(F)c1cccc2c1C=CNC2. The van der Waals surface area contributed by atoms with Gasteiger partial charge in [-0.25, -0.2) is 0 Å². The minimum absolute atomic E-state index is 0.277. The third-order valence-corrected chi connectivity index (χ3v) is 2.16. The first-order valence-electron chi connectivity index (χ1n) is 4.18. The number of fused-ring (bicyclic) bond motifs is 1. The molecule has 0 radical (unpaired) electrons. The monoisotopic (exact) mass is 199 g/mol. The third-order valence-electron chi connectivity index (χ3n) is 2.16. The maximum absolute atomic E-state index is 12.5. The molecule has 0 fully saturated rings. The number of hydrogen-bond donors (Lipinski definition) is 1. The van der Waals surface area contributed by atoms with Crippen molar-refractivity contribution in [1.29, 1.82) is 0 Å². The number of nitrogens with one attached hydrogen (secondary N) is 1. The molecule has 74 valence electrons. The van der Waals surface area contributed by atoms with E-state index in [0.717, 1.165) is 6.07 Å². The number of hydrogen-bond acceptors (Lipinski definition) is 1.